The van der Waals surface area contributed by atoms with E-state index < -0.39 is 0 Å². The Morgan fingerprint density at radius 3 is 2.50 bits per heavy atom. The number of ether oxygens (including phenoxy) is 1. The van der Waals surface area contributed by atoms with E-state index in [4.69, 9.17) is 4.74 Å². The van der Waals surface area contributed by atoms with Gasteiger partial charge in [0.15, 0.2) is 0 Å². The summed E-state index contributed by atoms with van der Waals surface area (Å²) in [7, 11) is 0. The molecule has 1 rings (SSSR count). The van der Waals surface area contributed by atoms with Gasteiger partial charge in [0.2, 0.25) is 5.91 Å². The van der Waals surface area contributed by atoms with E-state index in [9.17, 15) is 9.59 Å². The zero-order valence-corrected chi connectivity index (χ0v) is 11.6. The van der Waals surface area contributed by atoms with Crippen molar-refractivity contribution in [2.24, 2.45) is 0 Å². The summed E-state index contributed by atoms with van der Waals surface area (Å²) in [6, 6.07) is -0.221. The molecule has 104 valence electrons. The van der Waals surface area contributed by atoms with E-state index in [1.807, 2.05) is 25.7 Å². The molecular weight excluding hydrogens is 232 g/mol. The lowest BCUT2D eigenvalue weighted by Gasteiger charge is -2.26. The molecule has 0 radical (unpaired) electrons. The number of carbonyl (C=O) groups is 2. The number of rotatable bonds is 4. The largest absolute Gasteiger partial charge is 0.465 e. The summed E-state index contributed by atoms with van der Waals surface area (Å²) < 4.78 is 5.03. The van der Waals surface area contributed by atoms with Gasteiger partial charge in [0.1, 0.15) is 6.04 Å². The number of esters is 1. The Morgan fingerprint density at radius 2 is 1.89 bits per heavy atom. The van der Waals surface area contributed by atoms with Crippen molar-refractivity contribution in [3.05, 3.63) is 0 Å². The Labute approximate surface area is 109 Å². The number of hydrogen-bond acceptors (Lipinski definition) is 4. The van der Waals surface area contributed by atoms with Gasteiger partial charge in [-0.2, -0.15) is 0 Å². The van der Waals surface area contributed by atoms with E-state index in [1.54, 1.807) is 0 Å². The van der Waals surface area contributed by atoms with Crippen LogP contribution >= 0.6 is 0 Å². The van der Waals surface area contributed by atoms with Crippen LogP contribution in [-0.4, -0.2) is 60.5 Å². The molecule has 1 heterocycles. The first-order valence-electron chi connectivity index (χ1n) is 6.78. The second-order valence-corrected chi connectivity index (χ2v) is 4.55. The van der Waals surface area contributed by atoms with Crippen molar-refractivity contribution in [2.75, 3.05) is 32.8 Å². The van der Waals surface area contributed by atoms with Gasteiger partial charge in [-0.05, 0) is 20.3 Å². The molecule has 1 fully saturated rings. The molecule has 1 amide bonds. The topological polar surface area (TPSA) is 49.9 Å². The maximum atomic E-state index is 11.7. The Hall–Kier alpha value is -1.10. The molecule has 5 nitrogen and oxygen atoms in total. The van der Waals surface area contributed by atoms with Crippen molar-refractivity contribution in [2.45, 2.75) is 39.7 Å². The van der Waals surface area contributed by atoms with Crippen LogP contribution in [0.15, 0.2) is 0 Å². The quantitative estimate of drug-likeness (QED) is 0.701. The third-order valence-corrected chi connectivity index (χ3v) is 3.36. The molecule has 18 heavy (non-hydrogen) atoms. The molecule has 1 aliphatic heterocycles. The Kier molecular flexibility index (Phi) is 6.12. The number of carbonyl (C=O) groups excluding carboxylic acids is 2. The zero-order valence-electron chi connectivity index (χ0n) is 11.6. The highest BCUT2D eigenvalue weighted by molar-refractivity contribution is 5.76. The Balaban J connectivity index is 2.51. The van der Waals surface area contributed by atoms with Crippen LogP contribution in [0, 0.1) is 0 Å². The summed E-state index contributed by atoms with van der Waals surface area (Å²) in [4.78, 5) is 27.3. The van der Waals surface area contributed by atoms with Gasteiger partial charge in [0, 0.05) is 32.6 Å². The molecule has 0 N–H and O–H groups in total. The van der Waals surface area contributed by atoms with Crippen molar-refractivity contribution >= 4 is 11.9 Å². The molecule has 5 heteroatoms. The van der Waals surface area contributed by atoms with E-state index >= 15 is 0 Å². The van der Waals surface area contributed by atoms with Crippen LogP contribution in [0.25, 0.3) is 0 Å². The predicted octanol–water partition coefficient (Wildman–Crippen LogP) is 0.882. The third kappa shape index (κ3) is 3.98. The third-order valence-electron chi connectivity index (χ3n) is 3.36. The molecule has 0 unspecified atom stereocenters. The average Bonchev–Trinajstić information content (AvgIpc) is 2.63. The number of amides is 1. The molecule has 0 aromatic heterocycles. The summed E-state index contributed by atoms with van der Waals surface area (Å²) in [5.41, 5.74) is 0. The SMILES string of the molecule is CCOC(=O)[C@@H](C)N1CCCN(C(=O)CC)CC1. The first-order chi connectivity index (χ1) is 8.60. The van der Waals surface area contributed by atoms with Gasteiger partial charge in [-0.3, -0.25) is 14.5 Å². The van der Waals surface area contributed by atoms with Gasteiger partial charge < -0.3 is 9.64 Å². The summed E-state index contributed by atoms with van der Waals surface area (Å²) in [6.07, 6.45) is 1.46. The first kappa shape index (κ1) is 15.0. The number of hydrogen-bond donors (Lipinski definition) is 0. The van der Waals surface area contributed by atoms with E-state index in [0.717, 1.165) is 26.1 Å². The van der Waals surface area contributed by atoms with Gasteiger partial charge in [0.25, 0.3) is 0 Å². The van der Waals surface area contributed by atoms with Crippen LogP contribution in [0.2, 0.25) is 0 Å². The van der Waals surface area contributed by atoms with Crippen LogP contribution in [-0.2, 0) is 14.3 Å². The summed E-state index contributed by atoms with van der Waals surface area (Å²) in [6.45, 7) is 9.06. The second kappa shape index (κ2) is 7.36. The molecule has 1 aliphatic rings. The van der Waals surface area contributed by atoms with Crippen LogP contribution in [0.5, 0.6) is 0 Å². The fraction of sp³-hybridized carbons (Fsp3) is 0.846. The van der Waals surface area contributed by atoms with Crippen molar-refractivity contribution in [3.8, 4) is 0 Å². The Morgan fingerprint density at radius 1 is 1.17 bits per heavy atom. The molecule has 0 aromatic carbocycles. The molecule has 1 saturated heterocycles. The van der Waals surface area contributed by atoms with Crippen molar-refractivity contribution in [1.82, 2.24) is 9.80 Å². The van der Waals surface area contributed by atoms with Crippen LogP contribution in [0.4, 0.5) is 0 Å². The van der Waals surface area contributed by atoms with Gasteiger partial charge in [-0.1, -0.05) is 6.92 Å². The molecule has 0 aromatic rings. The monoisotopic (exact) mass is 256 g/mol. The lowest BCUT2D eigenvalue weighted by molar-refractivity contribution is -0.148. The zero-order chi connectivity index (χ0) is 13.5. The van der Waals surface area contributed by atoms with Crippen LogP contribution in [0.1, 0.15) is 33.6 Å². The lowest BCUT2D eigenvalue weighted by Crippen LogP contribution is -2.42. The first-order valence-corrected chi connectivity index (χ1v) is 6.78. The van der Waals surface area contributed by atoms with Gasteiger partial charge >= 0.3 is 5.97 Å². The fourth-order valence-electron chi connectivity index (χ4n) is 2.21. The highest BCUT2D eigenvalue weighted by Gasteiger charge is 2.25. The molecule has 0 spiro atoms. The highest BCUT2D eigenvalue weighted by Crippen LogP contribution is 2.09. The lowest BCUT2D eigenvalue weighted by atomic mass is 10.2. The van der Waals surface area contributed by atoms with Gasteiger partial charge in [-0.15, -0.1) is 0 Å². The maximum Gasteiger partial charge on any atom is 0.323 e. The maximum absolute atomic E-state index is 11.7. The van der Waals surface area contributed by atoms with E-state index in [2.05, 4.69) is 4.90 Å². The Bertz CT molecular complexity index is 294. The van der Waals surface area contributed by atoms with Crippen molar-refractivity contribution in [3.63, 3.8) is 0 Å². The summed E-state index contributed by atoms with van der Waals surface area (Å²) in [5.74, 6) is 0.0217. The molecule has 0 saturated carbocycles. The van der Waals surface area contributed by atoms with Crippen molar-refractivity contribution in [1.29, 1.82) is 0 Å². The fourth-order valence-corrected chi connectivity index (χ4v) is 2.21. The molecule has 1 atom stereocenters. The average molecular weight is 256 g/mol. The van der Waals surface area contributed by atoms with Crippen LogP contribution in [0.3, 0.4) is 0 Å². The van der Waals surface area contributed by atoms with Crippen molar-refractivity contribution < 1.29 is 14.3 Å². The van der Waals surface area contributed by atoms with Crippen LogP contribution < -0.4 is 0 Å². The summed E-state index contributed by atoms with van der Waals surface area (Å²) in [5, 5.41) is 0. The number of nitrogens with zero attached hydrogens (tertiary/aromatic N) is 2. The predicted molar refractivity (Wildman–Crippen MR) is 69.2 cm³/mol. The minimum Gasteiger partial charge on any atom is -0.465 e. The minimum atomic E-state index is -0.221. The van der Waals surface area contributed by atoms with Gasteiger partial charge in [-0.25, -0.2) is 0 Å². The molecule has 0 aliphatic carbocycles. The normalized spacial score (nSPS) is 19.2. The van der Waals surface area contributed by atoms with E-state index in [-0.39, 0.29) is 17.9 Å². The standard InChI is InChI=1S/C13H24N2O3/c1-4-12(16)15-8-6-7-14(9-10-15)11(3)13(17)18-5-2/h11H,4-10H2,1-3H3/t11-/m1/s1. The second-order valence-electron chi connectivity index (χ2n) is 4.55. The van der Waals surface area contributed by atoms with E-state index in [1.165, 1.54) is 0 Å². The highest BCUT2D eigenvalue weighted by atomic mass is 16.5. The van der Waals surface area contributed by atoms with E-state index in [0.29, 0.717) is 19.6 Å². The molecule has 0 bridgehead atoms. The van der Waals surface area contributed by atoms with Gasteiger partial charge in [0.05, 0.1) is 6.61 Å². The smallest absolute Gasteiger partial charge is 0.323 e. The molecular formula is C13H24N2O3. The summed E-state index contributed by atoms with van der Waals surface area (Å²) >= 11 is 0. The minimum absolute atomic E-state index is 0.173.